The standard InChI is InChI=1S/C70H68N2O/c1-67(2,3)45-28-36-49(37-29-45)71(50-38-30-46(31-39-50)68(4,5)6)61-27-19-26-59-64-63-58-25-18-17-23-56(58)54-21-14-13-20-53(54)55-22-15-16-24-57(55)60(63)44-62(66(64)73-65(59)61)72(51-40-32-47(33-41-51)69(7,8)9)52-42-34-48(35-43-52)70(10,11)12/h13-44H,1-12H3. The molecule has 0 bridgehead atoms. The molecule has 0 N–H and O–H groups in total. The van der Waals surface area contributed by atoms with Crippen molar-refractivity contribution in [1.29, 1.82) is 0 Å². The first-order valence-corrected chi connectivity index (χ1v) is 26.1. The lowest BCUT2D eigenvalue weighted by Gasteiger charge is -2.30. The van der Waals surface area contributed by atoms with Gasteiger partial charge in [0.2, 0.25) is 0 Å². The van der Waals surface area contributed by atoms with Crippen molar-refractivity contribution >= 4 is 56.1 Å². The Morgan fingerprint density at radius 3 is 0.959 bits per heavy atom. The third-order valence-corrected chi connectivity index (χ3v) is 15.1. The van der Waals surface area contributed by atoms with Gasteiger partial charge in [0.15, 0.2) is 11.2 Å². The Balaban J connectivity index is 1.29. The van der Waals surface area contributed by atoms with E-state index in [1.54, 1.807) is 0 Å². The van der Waals surface area contributed by atoms with E-state index >= 15 is 0 Å². The van der Waals surface area contributed by atoms with Gasteiger partial charge in [-0.1, -0.05) is 217 Å². The van der Waals surface area contributed by atoms with Crippen molar-refractivity contribution in [3.8, 4) is 44.5 Å². The number of para-hydroxylation sites is 1. The number of fused-ring (bicyclic) bond motifs is 12. The number of rotatable bonds is 6. The molecule has 1 aliphatic rings. The molecule has 1 heterocycles. The lowest BCUT2D eigenvalue weighted by atomic mass is 9.79. The van der Waals surface area contributed by atoms with E-state index in [4.69, 9.17) is 4.42 Å². The predicted octanol–water partition coefficient (Wildman–Crippen LogP) is 20.7. The summed E-state index contributed by atoms with van der Waals surface area (Å²) in [5.74, 6) is 0. The fourth-order valence-electron chi connectivity index (χ4n) is 10.9. The van der Waals surface area contributed by atoms with E-state index in [-0.39, 0.29) is 21.7 Å². The Labute approximate surface area is 433 Å². The van der Waals surface area contributed by atoms with Crippen LogP contribution in [0.4, 0.5) is 34.1 Å². The van der Waals surface area contributed by atoms with Gasteiger partial charge in [-0.05, 0) is 144 Å². The fraction of sp³-hybridized carbons (Fsp3) is 0.229. The minimum absolute atomic E-state index is 0.00494. The van der Waals surface area contributed by atoms with Crippen molar-refractivity contribution in [2.75, 3.05) is 9.80 Å². The Morgan fingerprint density at radius 2 is 0.603 bits per heavy atom. The van der Waals surface area contributed by atoms with E-state index in [1.165, 1.54) is 55.6 Å². The normalized spacial score (nSPS) is 12.7. The SMILES string of the molecule is CC(C)(C)c1ccc(N(c2ccc(C(C)(C)C)cc2)c2cccc3c2oc2c(N(c4ccc(C(C)(C)C)cc4)c4ccc(C(C)(C)C)cc4)cc4c(c23)-c2ccccc2-c2ccccc2-c2ccccc2-4)cc1. The topological polar surface area (TPSA) is 19.6 Å². The second kappa shape index (κ2) is 17.6. The number of benzene rings is 9. The maximum Gasteiger partial charge on any atom is 0.160 e. The molecule has 0 radical (unpaired) electrons. The van der Waals surface area contributed by atoms with Crippen LogP contribution in [0, 0.1) is 0 Å². The van der Waals surface area contributed by atoms with E-state index in [0.717, 1.165) is 67.2 Å². The van der Waals surface area contributed by atoms with E-state index in [1.807, 2.05) is 0 Å². The van der Waals surface area contributed by atoms with E-state index in [0.29, 0.717) is 0 Å². The molecule has 9 aromatic carbocycles. The Kier molecular flexibility index (Phi) is 11.5. The molecular formula is C70H68N2O. The molecule has 364 valence electrons. The molecule has 0 atom stereocenters. The molecule has 0 unspecified atom stereocenters. The highest BCUT2D eigenvalue weighted by Crippen LogP contribution is 2.56. The zero-order chi connectivity index (χ0) is 51.2. The summed E-state index contributed by atoms with van der Waals surface area (Å²) in [6, 6.07) is 72.6. The first-order chi connectivity index (χ1) is 34.8. The van der Waals surface area contributed by atoms with Crippen molar-refractivity contribution in [1.82, 2.24) is 0 Å². The van der Waals surface area contributed by atoms with Crippen molar-refractivity contribution in [3.05, 3.63) is 216 Å². The maximum absolute atomic E-state index is 7.80. The van der Waals surface area contributed by atoms with Crippen LogP contribution >= 0.6 is 0 Å². The van der Waals surface area contributed by atoms with Crippen LogP contribution in [-0.2, 0) is 21.7 Å². The van der Waals surface area contributed by atoms with Gasteiger partial charge in [-0.3, -0.25) is 0 Å². The highest BCUT2D eigenvalue weighted by atomic mass is 16.3. The largest absolute Gasteiger partial charge is 0.452 e. The fourth-order valence-corrected chi connectivity index (χ4v) is 10.9. The van der Waals surface area contributed by atoms with Crippen LogP contribution in [0.25, 0.3) is 66.4 Å². The van der Waals surface area contributed by atoms with Gasteiger partial charge >= 0.3 is 0 Å². The van der Waals surface area contributed by atoms with Crippen molar-refractivity contribution in [3.63, 3.8) is 0 Å². The Hall–Kier alpha value is -7.62. The van der Waals surface area contributed by atoms with Crippen LogP contribution < -0.4 is 9.80 Å². The molecular weight excluding hydrogens is 885 g/mol. The summed E-state index contributed by atoms with van der Waals surface area (Å²) < 4.78 is 7.80. The first-order valence-electron chi connectivity index (χ1n) is 26.1. The van der Waals surface area contributed by atoms with Gasteiger partial charge < -0.3 is 14.2 Å². The molecule has 3 heteroatoms. The summed E-state index contributed by atoms with van der Waals surface area (Å²) in [4.78, 5) is 4.82. The molecule has 73 heavy (non-hydrogen) atoms. The lowest BCUT2D eigenvalue weighted by Crippen LogP contribution is -2.15. The van der Waals surface area contributed by atoms with E-state index in [2.05, 4.69) is 287 Å². The minimum Gasteiger partial charge on any atom is -0.452 e. The van der Waals surface area contributed by atoms with Gasteiger partial charge in [-0.15, -0.1) is 0 Å². The molecule has 11 rings (SSSR count). The zero-order valence-corrected chi connectivity index (χ0v) is 44.8. The van der Waals surface area contributed by atoms with Gasteiger partial charge in [0, 0.05) is 39.1 Å². The Morgan fingerprint density at radius 1 is 0.288 bits per heavy atom. The van der Waals surface area contributed by atoms with Gasteiger partial charge in [0.25, 0.3) is 0 Å². The van der Waals surface area contributed by atoms with Crippen LogP contribution in [0.15, 0.2) is 199 Å². The number of hydrogen-bond donors (Lipinski definition) is 0. The monoisotopic (exact) mass is 953 g/mol. The Bertz CT molecular complexity index is 3560. The number of hydrogen-bond acceptors (Lipinski definition) is 3. The lowest BCUT2D eigenvalue weighted by molar-refractivity contribution is 0.590. The molecule has 1 aromatic heterocycles. The summed E-state index contributed by atoms with van der Waals surface area (Å²) >= 11 is 0. The molecule has 0 fully saturated rings. The molecule has 0 spiro atoms. The predicted molar refractivity (Wildman–Crippen MR) is 313 cm³/mol. The van der Waals surface area contributed by atoms with Gasteiger partial charge in [0.1, 0.15) is 0 Å². The maximum atomic E-state index is 7.80. The number of nitrogens with zero attached hydrogens (tertiary/aromatic N) is 2. The summed E-state index contributed by atoms with van der Waals surface area (Å²) in [5.41, 5.74) is 22.5. The number of anilines is 6. The van der Waals surface area contributed by atoms with Gasteiger partial charge in [-0.25, -0.2) is 0 Å². The zero-order valence-electron chi connectivity index (χ0n) is 44.8. The molecule has 0 amide bonds. The second-order valence-electron chi connectivity index (χ2n) is 24.3. The molecule has 10 aromatic rings. The summed E-state index contributed by atoms with van der Waals surface area (Å²) in [5, 5.41) is 2.14. The quantitative estimate of drug-likeness (QED) is 0.166. The van der Waals surface area contributed by atoms with Crippen LogP contribution in [0.1, 0.15) is 105 Å². The molecule has 0 saturated heterocycles. The van der Waals surface area contributed by atoms with Crippen LogP contribution in [0.5, 0.6) is 0 Å². The van der Waals surface area contributed by atoms with E-state index < -0.39 is 0 Å². The molecule has 0 saturated carbocycles. The first kappa shape index (κ1) is 47.7. The summed E-state index contributed by atoms with van der Waals surface area (Å²) in [7, 11) is 0. The molecule has 0 aliphatic heterocycles. The third kappa shape index (κ3) is 8.53. The third-order valence-electron chi connectivity index (χ3n) is 15.1. The highest BCUT2D eigenvalue weighted by molar-refractivity contribution is 6.24. The number of furan rings is 1. The summed E-state index contributed by atoms with van der Waals surface area (Å²) in [6.07, 6.45) is 0. The van der Waals surface area contributed by atoms with Crippen molar-refractivity contribution < 1.29 is 4.42 Å². The van der Waals surface area contributed by atoms with Gasteiger partial charge in [0.05, 0.1) is 11.4 Å². The smallest absolute Gasteiger partial charge is 0.160 e. The highest BCUT2D eigenvalue weighted by Gasteiger charge is 2.32. The average molecular weight is 953 g/mol. The van der Waals surface area contributed by atoms with Gasteiger partial charge in [-0.2, -0.15) is 0 Å². The van der Waals surface area contributed by atoms with E-state index in [9.17, 15) is 0 Å². The van der Waals surface area contributed by atoms with Crippen LogP contribution in [0.3, 0.4) is 0 Å². The van der Waals surface area contributed by atoms with Crippen LogP contribution in [-0.4, -0.2) is 0 Å². The minimum atomic E-state index is -0.0118. The molecule has 1 aliphatic carbocycles. The van der Waals surface area contributed by atoms with Crippen LogP contribution in [0.2, 0.25) is 0 Å². The van der Waals surface area contributed by atoms with Crippen molar-refractivity contribution in [2.24, 2.45) is 0 Å². The second-order valence-corrected chi connectivity index (χ2v) is 24.3. The summed E-state index contributed by atoms with van der Waals surface area (Å²) in [6.45, 7) is 27.4. The van der Waals surface area contributed by atoms with Crippen molar-refractivity contribution in [2.45, 2.75) is 105 Å². The molecule has 3 nitrogen and oxygen atoms in total. The average Bonchev–Trinajstić information content (AvgIpc) is 3.76.